The van der Waals surface area contributed by atoms with Crippen LogP contribution in [0.4, 0.5) is 0 Å². The molecule has 102 valence electrons. The number of para-hydroxylation sites is 1. The Kier molecular flexibility index (Phi) is 5.05. The van der Waals surface area contributed by atoms with E-state index >= 15 is 0 Å². The van der Waals surface area contributed by atoms with Gasteiger partial charge in [-0.05, 0) is 38.3 Å². The number of aryl methyl sites for hydroxylation is 1. The maximum absolute atomic E-state index is 4.71. The van der Waals surface area contributed by atoms with E-state index in [0.717, 1.165) is 23.7 Å². The Morgan fingerprint density at radius 2 is 2.00 bits per heavy atom. The minimum atomic E-state index is 0.866. The van der Waals surface area contributed by atoms with Crippen LogP contribution in [0.3, 0.4) is 0 Å². The number of benzene rings is 1. The van der Waals surface area contributed by atoms with Crippen LogP contribution in [0.2, 0.25) is 0 Å². The summed E-state index contributed by atoms with van der Waals surface area (Å²) < 4.78 is 2.07. The third kappa shape index (κ3) is 3.19. The van der Waals surface area contributed by atoms with E-state index in [9.17, 15) is 0 Å². The summed E-state index contributed by atoms with van der Waals surface area (Å²) in [6.07, 6.45) is 1.17. The van der Waals surface area contributed by atoms with Crippen LogP contribution in [0.5, 0.6) is 0 Å². The van der Waals surface area contributed by atoms with Gasteiger partial charge in [-0.3, -0.25) is 0 Å². The molecule has 0 aliphatic heterocycles. The van der Waals surface area contributed by atoms with Crippen molar-refractivity contribution in [2.24, 2.45) is 0 Å². The van der Waals surface area contributed by atoms with E-state index in [4.69, 9.17) is 5.10 Å². The van der Waals surface area contributed by atoms with Crippen LogP contribution in [-0.4, -0.2) is 22.6 Å². The van der Waals surface area contributed by atoms with Gasteiger partial charge in [0.05, 0.1) is 11.4 Å². The van der Waals surface area contributed by atoms with Crippen LogP contribution in [0.15, 0.2) is 35.4 Å². The molecule has 0 spiro atoms. The van der Waals surface area contributed by atoms with Crippen LogP contribution >= 0.6 is 11.8 Å². The SMILES string of the molecule is CCCSc1c(CNC)c(C)nn1-c1ccccc1. The monoisotopic (exact) mass is 275 g/mol. The fourth-order valence-electron chi connectivity index (χ4n) is 2.01. The van der Waals surface area contributed by atoms with Gasteiger partial charge in [0.25, 0.3) is 0 Å². The Labute approximate surface area is 119 Å². The van der Waals surface area contributed by atoms with Crippen molar-refractivity contribution in [1.82, 2.24) is 15.1 Å². The summed E-state index contributed by atoms with van der Waals surface area (Å²) in [6.45, 7) is 5.16. The van der Waals surface area contributed by atoms with Crippen molar-refractivity contribution in [2.45, 2.75) is 31.8 Å². The third-order valence-electron chi connectivity index (χ3n) is 2.93. The van der Waals surface area contributed by atoms with Gasteiger partial charge in [0.15, 0.2) is 0 Å². The van der Waals surface area contributed by atoms with E-state index in [1.807, 2.05) is 24.9 Å². The molecule has 0 bridgehead atoms. The number of hydrogen-bond donors (Lipinski definition) is 1. The zero-order valence-corrected chi connectivity index (χ0v) is 12.6. The standard InChI is InChI=1S/C15H21N3S/c1-4-10-19-15-14(11-16-3)12(2)17-18(15)13-8-6-5-7-9-13/h5-9,16H,4,10-11H2,1-3H3. The predicted molar refractivity (Wildman–Crippen MR) is 82.1 cm³/mol. The average molecular weight is 275 g/mol. The van der Waals surface area contributed by atoms with Gasteiger partial charge in [-0.15, -0.1) is 11.8 Å². The van der Waals surface area contributed by atoms with E-state index in [0.29, 0.717) is 0 Å². The molecule has 0 unspecified atom stereocenters. The van der Waals surface area contributed by atoms with Crippen molar-refractivity contribution < 1.29 is 0 Å². The Bertz CT molecular complexity index is 520. The van der Waals surface area contributed by atoms with E-state index in [1.54, 1.807) is 0 Å². The number of nitrogens with one attached hydrogen (secondary N) is 1. The van der Waals surface area contributed by atoms with E-state index in [1.165, 1.54) is 17.0 Å². The van der Waals surface area contributed by atoms with Crippen molar-refractivity contribution in [1.29, 1.82) is 0 Å². The molecule has 0 aliphatic rings. The van der Waals surface area contributed by atoms with Crippen molar-refractivity contribution in [3.63, 3.8) is 0 Å². The van der Waals surface area contributed by atoms with Crippen molar-refractivity contribution in [3.8, 4) is 5.69 Å². The van der Waals surface area contributed by atoms with Crippen LogP contribution in [-0.2, 0) is 6.54 Å². The second-order valence-corrected chi connectivity index (χ2v) is 5.58. The van der Waals surface area contributed by atoms with Crippen LogP contribution in [0.1, 0.15) is 24.6 Å². The molecular formula is C15H21N3S. The quantitative estimate of drug-likeness (QED) is 0.819. The fourth-order valence-corrected chi connectivity index (χ4v) is 3.07. The van der Waals surface area contributed by atoms with Gasteiger partial charge in [0.2, 0.25) is 0 Å². The molecule has 0 radical (unpaired) electrons. The molecule has 0 fully saturated rings. The van der Waals surface area contributed by atoms with Gasteiger partial charge >= 0.3 is 0 Å². The molecule has 0 saturated heterocycles. The van der Waals surface area contributed by atoms with Gasteiger partial charge < -0.3 is 5.32 Å². The molecule has 0 atom stereocenters. The summed E-state index contributed by atoms with van der Waals surface area (Å²) in [5.74, 6) is 1.12. The number of rotatable bonds is 6. The Morgan fingerprint density at radius 3 is 2.63 bits per heavy atom. The molecule has 2 rings (SSSR count). The number of thioether (sulfide) groups is 1. The molecule has 1 N–H and O–H groups in total. The first-order valence-corrected chi connectivity index (χ1v) is 7.67. The zero-order chi connectivity index (χ0) is 13.7. The normalized spacial score (nSPS) is 10.9. The topological polar surface area (TPSA) is 29.9 Å². The first kappa shape index (κ1) is 14.2. The molecule has 1 heterocycles. The maximum atomic E-state index is 4.71. The highest BCUT2D eigenvalue weighted by Crippen LogP contribution is 2.28. The van der Waals surface area contributed by atoms with Crippen LogP contribution < -0.4 is 5.32 Å². The van der Waals surface area contributed by atoms with Crippen molar-refractivity contribution >= 4 is 11.8 Å². The molecule has 2 aromatic rings. The highest BCUT2D eigenvalue weighted by Gasteiger charge is 2.15. The zero-order valence-electron chi connectivity index (χ0n) is 11.8. The first-order valence-electron chi connectivity index (χ1n) is 6.69. The van der Waals surface area contributed by atoms with Gasteiger partial charge in [-0.25, -0.2) is 4.68 Å². The molecule has 1 aromatic carbocycles. The molecule has 0 aliphatic carbocycles. The maximum Gasteiger partial charge on any atom is 0.105 e. The minimum absolute atomic E-state index is 0.866. The highest BCUT2D eigenvalue weighted by molar-refractivity contribution is 7.99. The van der Waals surface area contributed by atoms with Crippen LogP contribution in [0.25, 0.3) is 5.69 Å². The molecular weight excluding hydrogens is 254 g/mol. The lowest BCUT2D eigenvalue weighted by Gasteiger charge is -2.08. The summed E-state index contributed by atoms with van der Waals surface area (Å²) in [4.78, 5) is 0. The van der Waals surface area contributed by atoms with E-state index in [-0.39, 0.29) is 0 Å². The molecule has 0 amide bonds. The summed E-state index contributed by atoms with van der Waals surface area (Å²) >= 11 is 1.89. The molecule has 4 heteroatoms. The molecule has 3 nitrogen and oxygen atoms in total. The summed E-state index contributed by atoms with van der Waals surface area (Å²) in [5, 5.41) is 9.21. The van der Waals surface area contributed by atoms with Crippen LogP contribution in [0, 0.1) is 6.92 Å². The van der Waals surface area contributed by atoms with Gasteiger partial charge in [-0.1, -0.05) is 25.1 Å². The Balaban J connectivity index is 2.44. The van der Waals surface area contributed by atoms with Gasteiger partial charge in [0, 0.05) is 12.1 Å². The van der Waals surface area contributed by atoms with Crippen molar-refractivity contribution in [2.75, 3.05) is 12.8 Å². The lowest BCUT2D eigenvalue weighted by Crippen LogP contribution is -2.07. The first-order chi connectivity index (χ1) is 9.27. The summed E-state index contributed by atoms with van der Waals surface area (Å²) in [7, 11) is 1.98. The summed E-state index contributed by atoms with van der Waals surface area (Å²) in [5.41, 5.74) is 3.55. The molecule has 19 heavy (non-hydrogen) atoms. The average Bonchev–Trinajstić information content (AvgIpc) is 2.75. The van der Waals surface area contributed by atoms with Gasteiger partial charge in [0.1, 0.15) is 5.03 Å². The number of aromatic nitrogens is 2. The van der Waals surface area contributed by atoms with Gasteiger partial charge in [-0.2, -0.15) is 5.10 Å². The molecule has 1 aromatic heterocycles. The lowest BCUT2D eigenvalue weighted by molar-refractivity contribution is 0.765. The second-order valence-electron chi connectivity index (χ2n) is 4.50. The molecule has 0 saturated carbocycles. The fraction of sp³-hybridized carbons (Fsp3) is 0.400. The Morgan fingerprint density at radius 1 is 1.26 bits per heavy atom. The lowest BCUT2D eigenvalue weighted by atomic mass is 10.2. The van der Waals surface area contributed by atoms with Crippen molar-refractivity contribution in [3.05, 3.63) is 41.6 Å². The second kappa shape index (κ2) is 6.78. The van der Waals surface area contributed by atoms with E-state index < -0.39 is 0 Å². The minimum Gasteiger partial charge on any atom is -0.316 e. The predicted octanol–water partition coefficient (Wildman–Crippen LogP) is 3.40. The van der Waals surface area contributed by atoms with E-state index in [2.05, 4.69) is 48.1 Å². The largest absolute Gasteiger partial charge is 0.316 e. The number of nitrogens with zero attached hydrogens (tertiary/aromatic N) is 2. The summed E-state index contributed by atoms with van der Waals surface area (Å²) in [6, 6.07) is 10.3. The highest BCUT2D eigenvalue weighted by atomic mass is 32.2. The smallest absolute Gasteiger partial charge is 0.105 e. The number of hydrogen-bond acceptors (Lipinski definition) is 3. The third-order valence-corrected chi connectivity index (χ3v) is 4.24. The Hall–Kier alpha value is -1.26.